The van der Waals surface area contributed by atoms with Crippen molar-refractivity contribution < 1.29 is 9.53 Å². The van der Waals surface area contributed by atoms with Crippen LogP contribution in [0.1, 0.15) is 44.1 Å². The molecule has 0 saturated carbocycles. The minimum absolute atomic E-state index is 0.0361. The van der Waals surface area contributed by atoms with Gasteiger partial charge in [0.1, 0.15) is 11.6 Å². The van der Waals surface area contributed by atoms with Gasteiger partial charge in [-0.15, -0.1) is 0 Å². The molecule has 1 amide bonds. The summed E-state index contributed by atoms with van der Waals surface area (Å²) in [5.41, 5.74) is 3.28. The summed E-state index contributed by atoms with van der Waals surface area (Å²) in [6, 6.07) is 4.08. The van der Waals surface area contributed by atoms with Gasteiger partial charge in [0, 0.05) is 44.1 Å². The van der Waals surface area contributed by atoms with E-state index in [0.29, 0.717) is 19.1 Å². The van der Waals surface area contributed by atoms with E-state index >= 15 is 0 Å². The molecule has 2 heterocycles. The summed E-state index contributed by atoms with van der Waals surface area (Å²) in [6.45, 7) is 15.4. The molecule has 2 rings (SSSR count). The van der Waals surface area contributed by atoms with Gasteiger partial charge in [-0.05, 0) is 43.9 Å². The molecule has 1 aliphatic rings. The quantitative estimate of drug-likeness (QED) is 0.551. The van der Waals surface area contributed by atoms with Crippen LogP contribution in [-0.4, -0.2) is 54.3 Å². The molecule has 0 aromatic carbocycles. The number of nitriles is 1. The summed E-state index contributed by atoms with van der Waals surface area (Å²) >= 11 is 0. The third-order valence-corrected chi connectivity index (χ3v) is 5.06. The summed E-state index contributed by atoms with van der Waals surface area (Å²) in [4.78, 5) is 14.9. The highest BCUT2D eigenvalue weighted by molar-refractivity contribution is 6.01. The Morgan fingerprint density at radius 2 is 2.21 bits per heavy atom. The molecule has 1 aliphatic heterocycles. The van der Waals surface area contributed by atoms with Crippen LogP contribution in [-0.2, 0) is 16.1 Å². The molecule has 154 valence electrons. The average molecular weight is 387 g/mol. The van der Waals surface area contributed by atoms with E-state index in [4.69, 9.17) is 4.74 Å². The second-order valence-electron chi connectivity index (χ2n) is 8.00. The van der Waals surface area contributed by atoms with Crippen LogP contribution in [0, 0.1) is 31.1 Å². The first-order valence-corrected chi connectivity index (χ1v) is 10.3. The lowest BCUT2D eigenvalue weighted by molar-refractivity contribution is -0.118. The fraction of sp³-hybridized carbons (Fsp3) is 0.636. The Hall–Kier alpha value is -2.10. The molecule has 1 saturated heterocycles. The molecule has 0 bridgehead atoms. The van der Waals surface area contributed by atoms with Gasteiger partial charge < -0.3 is 14.6 Å². The Kier molecular flexibility index (Phi) is 8.28. The van der Waals surface area contributed by atoms with Crippen molar-refractivity contribution in [3.63, 3.8) is 0 Å². The van der Waals surface area contributed by atoms with E-state index in [0.717, 1.165) is 49.6 Å². The number of aryl methyl sites for hydroxylation is 1. The van der Waals surface area contributed by atoms with Gasteiger partial charge >= 0.3 is 0 Å². The molecule has 1 aromatic heterocycles. The number of ether oxygens (including phenoxy) is 1. The lowest BCUT2D eigenvalue weighted by atomic mass is 10.1. The monoisotopic (exact) mass is 386 g/mol. The van der Waals surface area contributed by atoms with E-state index < -0.39 is 0 Å². The van der Waals surface area contributed by atoms with Gasteiger partial charge in [-0.2, -0.15) is 5.26 Å². The van der Waals surface area contributed by atoms with Crippen LogP contribution < -0.4 is 5.32 Å². The van der Waals surface area contributed by atoms with E-state index in [2.05, 4.69) is 42.5 Å². The number of carbonyl (C=O) groups is 1. The number of nitrogens with zero attached hydrogens (tertiary/aromatic N) is 3. The van der Waals surface area contributed by atoms with Crippen LogP contribution in [0.5, 0.6) is 0 Å². The van der Waals surface area contributed by atoms with Crippen molar-refractivity contribution in [1.82, 2.24) is 14.8 Å². The molecule has 28 heavy (non-hydrogen) atoms. The van der Waals surface area contributed by atoms with Crippen molar-refractivity contribution in [3.05, 3.63) is 28.6 Å². The lowest BCUT2D eigenvalue weighted by Crippen LogP contribution is -2.48. The fourth-order valence-electron chi connectivity index (χ4n) is 3.73. The number of rotatable bonds is 8. The SMILES string of the molecule is CCCn1c(C)cc(/C=C(\C#N)C(=O)NCC2CN(CC(C)C)CCO2)c1C. The lowest BCUT2D eigenvalue weighted by Gasteiger charge is -2.33. The molecule has 1 atom stereocenters. The van der Waals surface area contributed by atoms with Gasteiger partial charge in [0.25, 0.3) is 5.91 Å². The molecular weight excluding hydrogens is 352 g/mol. The molecule has 6 heteroatoms. The first kappa shape index (κ1) is 22.2. The molecule has 0 aliphatic carbocycles. The van der Waals surface area contributed by atoms with Crippen LogP contribution >= 0.6 is 0 Å². The first-order chi connectivity index (χ1) is 13.3. The van der Waals surface area contributed by atoms with E-state index in [1.807, 2.05) is 19.1 Å². The molecule has 6 nitrogen and oxygen atoms in total. The molecule has 1 N–H and O–H groups in total. The summed E-state index contributed by atoms with van der Waals surface area (Å²) in [7, 11) is 0. The number of carbonyl (C=O) groups excluding carboxylic acids is 1. The van der Waals surface area contributed by atoms with Crippen LogP contribution in [0.15, 0.2) is 11.6 Å². The van der Waals surface area contributed by atoms with E-state index in [-0.39, 0.29) is 17.6 Å². The maximum Gasteiger partial charge on any atom is 0.262 e. The fourth-order valence-corrected chi connectivity index (χ4v) is 3.73. The number of hydrogen-bond acceptors (Lipinski definition) is 4. The van der Waals surface area contributed by atoms with Crippen LogP contribution in [0.2, 0.25) is 0 Å². The minimum Gasteiger partial charge on any atom is -0.374 e. The van der Waals surface area contributed by atoms with Crippen LogP contribution in [0.25, 0.3) is 6.08 Å². The second-order valence-corrected chi connectivity index (χ2v) is 8.00. The summed E-state index contributed by atoms with van der Waals surface area (Å²) in [5.74, 6) is 0.264. The highest BCUT2D eigenvalue weighted by atomic mass is 16.5. The maximum absolute atomic E-state index is 12.5. The Morgan fingerprint density at radius 3 is 2.86 bits per heavy atom. The third kappa shape index (κ3) is 5.95. The number of nitrogens with one attached hydrogen (secondary N) is 1. The van der Waals surface area contributed by atoms with Crippen molar-refractivity contribution >= 4 is 12.0 Å². The standard InChI is InChI=1S/C22H34N4O2/c1-6-7-26-17(4)10-19(18(26)5)11-20(12-23)22(27)24-13-21-15-25(8-9-28-21)14-16(2)3/h10-11,16,21H,6-9,13-15H2,1-5H3,(H,24,27)/b20-11+. The zero-order valence-electron chi connectivity index (χ0n) is 17.9. The van der Waals surface area contributed by atoms with Crippen molar-refractivity contribution in [2.45, 2.75) is 53.7 Å². The van der Waals surface area contributed by atoms with E-state index in [1.165, 1.54) is 0 Å². The molecular formula is C22H34N4O2. The smallest absolute Gasteiger partial charge is 0.262 e. The number of hydrogen-bond donors (Lipinski definition) is 1. The normalized spacial score (nSPS) is 18.3. The van der Waals surface area contributed by atoms with E-state index in [9.17, 15) is 10.1 Å². The zero-order valence-corrected chi connectivity index (χ0v) is 17.9. The van der Waals surface area contributed by atoms with Gasteiger partial charge in [0.05, 0.1) is 12.7 Å². The third-order valence-electron chi connectivity index (χ3n) is 5.06. The minimum atomic E-state index is -0.340. The molecule has 1 unspecified atom stereocenters. The summed E-state index contributed by atoms with van der Waals surface area (Å²) < 4.78 is 7.99. The first-order valence-electron chi connectivity index (χ1n) is 10.3. The predicted octanol–water partition coefficient (Wildman–Crippen LogP) is 2.89. The summed E-state index contributed by atoms with van der Waals surface area (Å²) in [5, 5.41) is 12.4. The van der Waals surface area contributed by atoms with Crippen LogP contribution in [0.3, 0.4) is 0 Å². The number of aromatic nitrogens is 1. The number of amides is 1. The van der Waals surface area contributed by atoms with Crippen molar-refractivity contribution in [3.8, 4) is 6.07 Å². The van der Waals surface area contributed by atoms with Crippen molar-refractivity contribution in [1.29, 1.82) is 5.26 Å². The van der Waals surface area contributed by atoms with Crippen molar-refractivity contribution in [2.24, 2.45) is 5.92 Å². The Bertz CT molecular complexity index is 742. The highest BCUT2D eigenvalue weighted by Crippen LogP contribution is 2.19. The van der Waals surface area contributed by atoms with Gasteiger partial charge in [-0.1, -0.05) is 20.8 Å². The van der Waals surface area contributed by atoms with Crippen molar-refractivity contribution in [2.75, 3.05) is 32.8 Å². The predicted molar refractivity (Wildman–Crippen MR) is 112 cm³/mol. The van der Waals surface area contributed by atoms with Gasteiger partial charge in [-0.3, -0.25) is 9.69 Å². The molecule has 0 radical (unpaired) electrons. The largest absolute Gasteiger partial charge is 0.374 e. The average Bonchev–Trinajstić information content (AvgIpc) is 2.91. The molecule has 1 aromatic rings. The molecule has 1 fully saturated rings. The zero-order chi connectivity index (χ0) is 20.7. The van der Waals surface area contributed by atoms with Gasteiger partial charge in [0.2, 0.25) is 0 Å². The number of morpholine rings is 1. The Balaban J connectivity index is 1.99. The Morgan fingerprint density at radius 1 is 1.46 bits per heavy atom. The highest BCUT2D eigenvalue weighted by Gasteiger charge is 2.22. The van der Waals surface area contributed by atoms with E-state index in [1.54, 1.807) is 6.08 Å². The van der Waals surface area contributed by atoms with Gasteiger partial charge in [-0.25, -0.2) is 0 Å². The van der Waals surface area contributed by atoms with Gasteiger partial charge in [0.15, 0.2) is 0 Å². The molecule has 0 spiro atoms. The maximum atomic E-state index is 12.5. The Labute approximate surface area is 169 Å². The topological polar surface area (TPSA) is 70.3 Å². The second kappa shape index (κ2) is 10.4. The van der Waals surface area contributed by atoms with Crippen LogP contribution in [0.4, 0.5) is 0 Å². The summed E-state index contributed by atoms with van der Waals surface area (Å²) in [6.07, 6.45) is 2.70.